The molecule has 6 atom stereocenters. The molecule has 2 rings (SSSR count). The second-order valence-electron chi connectivity index (χ2n) is 10.3. The van der Waals surface area contributed by atoms with Gasteiger partial charge in [0.1, 0.15) is 6.61 Å². The van der Waals surface area contributed by atoms with Crippen LogP contribution in [0.1, 0.15) is 91.9 Å². The molecular formula is C29H50O4. The standard InChI is InChI=1S/C29H50O4/c1-5-9-13-22(8-4)18-32-20-26-28(29(26)31)25-16-11-15-24(17-25)27(30)21-33-19-23(12-7-3)14-10-6-2/h11,15-16,22-24,26,28-29,31H,5-10,12-14,17-21H2,1-4H3/t22?,23?,24?,26?,28-,29?/m0/s1. The van der Waals surface area contributed by atoms with E-state index in [2.05, 4.69) is 33.8 Å². The number of aliphatic hydroxyl groups is 1. The van der Waals surface area contributed by atoms with Gasteiger partial charge in [0.25, 0.3) is 0 Å². The van der Waals surface area contributed by atoms with Crippen LogP contribution in [0.4, 0.5) is 0 Å². The summed E-state index contributed by atoms with van der Waals surface area (Å²) in [5.74, 6) is 1.54. The van der Waals surface area contributed by atoms with Crippen molar-refractivity contribution >= 4 is 5.78 Å². The number of hydrogen-bond acceptors (Lipinski definition) is 4. The molecule has 2 aliphatic rings. The minimum Gasteiger partial charge on any atom is -0.392 e. The van der Waals surface area contributed by atoms with Gasteiger partial charge in [0, 0.05) is 31.0 Å². The van der Waals surface area contributed by atoms with Crippen LogP contribution in [0.5, 0.6) is 0 Å². The van der Waals surface area contributed by atoms with Gasteiger partial charge in [-0.15, -0.1) is 0 Å². The summed E-state index contributed by atoms with van der Waals surface area (Å²) in [5.41, 5.74) is 1.20. The highest BCUT2D eigenvalue weighted by Crippen LogP contribution is 2.47. The Labute approximate surface area is 203 Å². The van der Waals surface area contributed by atoms with Crippen molar-refractivity contribution in [3.8, 4) is 0 Å². The molecule has 1 N–H and O–H groups in total. The Bertz CT molecular complexity index is 611. The number of rotatable bonds is 19. The van der Waals surface area contributed by atoms with Crippen LogP contribution in [0.2, 0.25) is 0 Å². The van der Waals surface area contributed by atoms with E-state index in [1.54, 1.807) is 0 Å². The van der Waals surface area contributed by atoms with Gasteiger partial charge in [0.15, 0.2) is 5.78 Å². The van der Waals surface area contributed by atoms with Crippen molar-refractivity contribution in [3.63, 3.8) is 0 Å². The maximum absolute atomic E-state index is 12.8. The van der Waals surface area contributed by atoms with E-state index in [9.17, 15) is 9.90 Å². The summed E-state index contributed by atoms with van der Waals surface area (Å²) < 4.78 is 11.9. The highest BCUT2D eigenvalue weighted by atomic mass is 16.5. The molecule has 190 valence electrons. The SMILES string of the molecule is CCCCC(CC)COCC1C(O)[C@H]1C1=CC=CC(C(=O)COCC(CCC)CCCC)C1. The van der Waals surface area contributed by atoms with Gasteiger partial charge in [-0.1, -0.05) is 90.0 Å². The fraction of sp³-hybridized carbons (Fsp3) is 0.828. The maximum Gasteiger partial charge on any atom is 0.165 e. The van der Waals surface area contributed by atoms with Gasteiger partial charge in [-0.2, -0.15) is 0 Å². The molecule has 4 heteroatoms. The smallest absolute Gasteiger partial charge is 0.165 e. The van der Waals surface area contributed by atoms with Gasteiger partial charge < -0.3 is 14.6 Å². The van der Waals surface area contributed by atoms with Gasteiger partial charge in [0.05, 0.1) is 12.7 Å². The van der Waals surface area contributed by atoms with Crippen molar-refractivity contribution < 1.29 is 19.4 Å². The Morgan fingerprint density at radius 2 is 1.70 bits per heavy atom. The van der Waals surface area contributed by atoms with Gasteiger partial charge in [-0.25, -0.2) is 0 Å². The zero-order valence-corrected chi connectivity index (χ0v) is 21.8. The summed E-state index contributed by atoms with van der Waals surface area (Å²) in [7, 11) is 0. The Balaban J connectivity index is 1.72. The molecule has 2 aliphatic carbocycles. The summed E-state index contributed by atoms with van der Waals surface area (Å²) in [6.07, 6.45) is 17.3. The van der Waals surface area contributed by atoms with Gasteiger partial charge in [-0.05, 0) is 37.5 Å². The van der Waals surface area contributed by atoms with Crippen LogP contribution in [0.15, 0.2) is 23.8 Å². The molecule has 33 heavy (non-hydrogen) atoms. The van der Waals surface area contributed by atoms with Crippen LogP contribution in [0, 0.1) is 29.6 Å². The highest BCUT2D eigenvalue weighted by molar-refractivity contribution is 5.84. The van der Waals surface area contributed by atoms with Crippen molar-refractivity contribution in [2.75, 3.05) is 26.4 Å². The second kappa shape index (κ2) is 15.8. The normalized spacial score (nSPS) is 26.2. The molecule has 0 aromatic carbocycles. The van der Waals surface area contributed by atoms with E-state index in [0.717, 1.165) is 19.4 Å². The quantitative estimate of drug-likeness (QED) is 0.237. The Hall–Kier alpha value is -0.970. The maximum atomic E-state index is 12.8. The second-order valence-corrected chi connectivity index (χ2v) is 10.3. The average molecular weight is 463 g/mol. The number of allylic oxidation sites excluding steroid dienone is 3. The minimum absolute atomic E-state index is 0.127. The van der Waals surface area contributed by atoms with Crippen molar-refractivity contribution in [2.45, 2.75) is 98.0 Å². The van der Waals surface area contributed by atoms with Crippen LogP contribution in [-0.4, -0.2) is 43.4 Å². The first kappa shape index (κ1) is 28.3. The topological polar surface area (TPSA) is 55.8 Å². The van der Waals surface area contributed by atoms with Crippen LogP contribution in [-0.2, 0) is 14.3 Å². The molecule has 1 fully saturated rings. The summed E-state index contributed by atoms with van der Waals surface area (Å²) >= 11 is 0. The summed E-state index contributed by atoms with van der Waals surface area (Å²) in [6.45, 7) is 11.2. The van der Waals surface area contributed by atoms with Crippen LogP contribution in [0.25, 0.3) is 0 Å². The lowest BCUT2D eigenvalue weighted by molar-refractivity contribution is -0.126. The number of unbranched alkanes of at least 4 members (excludes halogenated alkanes) is 2. The Kier molecular flexibility index (Phi) is 13.6. The van der Waals surface area contributed by atoms with E-state index in [-0.39, 0.29) is 36.2 Å². The average Bonchev–Trinajstić information content (AvgIpc) is 3.48. The molecular weight excluding hydrogens is 412 g/mol. The fourth-order valence-corrected chi connectivity index (χ4v) is 5.14. The molecule has 1 saturated carbocycles. The van der Waals surface area contributed by atoms with Gasteiger partial charge >= 0.3 is 0 Å². The molecule has 0 heterocycles. The van der Waals surface area contributed by atoms with Crippen LogP contribution in [0.3, 0.4) is 0 Å². The van der Waals surface area contributed by atoms with E-state index in [1.165, 1.54) is 50.5 Å². The molecule has 5 unspecified atom stereocenters. The van der Waals surface area contributed by atoms with Crippen LogP contribution < -0.4 is 0 Å². The Morgan fingerprint density at radius 1 is 1.00 bits per heavy atom. The monoisotopic (exact) mass is 462 g/mol. The van der Waals surface area contributed by atoms with Gasteiger partial charge in [0.2, 0.25) is 0 Å². The summed E-state index contributed by atoms with van der Waals surface area (Å²) in [6, 6.07) is 0. The molecule has 0 aromatic heterocycles. The minimum atomic E-state index is -0.334. The third-order valence-electron chi connectivity index (χ3n) is 7.55. The number of Topliss-reactive ketones (excluding diaryl/α,β-unsaturated/α-hetero) is 1. The van der Waals surface area contributed by atoms with Gasteiger partial charge in [-0.3, -0.25) is 4.79 Å². The molecule has 0 aliphatic heterocycles. The predicted octanol–water partition coefficient (Wildman–Crippen LogP) is 6.52. The Morgan fingerprint density at radius 3 is 2.36 bits per heavy atom. The molecule has 0 bridgehead atoms. The van der Waals surface area contributed by atoms with E-state index >= 15 is 0 Å². The van der Waals surface area contributed by atoms with Crippen molar-refractivity contribution in [3.05, 3.63) is 23.8 Å². The zero-order chi connectivity index (χ0) is 24.1. The number of aliphatic hydroxyl groups excluding tert-OH is 1. The van der Waals surface area contributed by atoms with E-state index < -0.39 is 0 Å². The first-order chi connectivity index (χ1) is 16.0. The van der Waals surface area contributed by atoms with Crippen molar-refractivity contribution in [1.82, 2.24) is 0 Å². The number of carbonyl (C=O) groups is 1. The third-order valence-corrected chi connectivity index (χ3v) is 7.55. The lowest BCUT2D eigenvalue weighted by Gasteiger charge is -2.20. The molecule has 0 aromatic rings. The summed E-state index contributed by atoms with van der Waals surface area (Å²) in [5, 5.41) is 10.5. The lowest BCUT2D eigenvalue weighted by Crippen LogP contribution is -2.22. The predicted molar refractivity (Wildman–Crippen MR) is 136 cm³/mol. The molecule has 4 nitrogen and oxygen atoms in total. The number of carbonyl (C=O) groups excluding carboxylic acids is 1. The molecule has 0 saturated heterocycles. The largest absolute Gasteiger partial charge is 0.392 e. The summed E-state index contributed by atoms with van der Waals surface area (Å²) in [4.78, 5) is 12.8. The third kappa shape index (κ3) is 9.66. The van der Waals surface area contributed by atoms with E-state index in [4.69, 9.17) is 9.47 Å². The first-order valence-corrected chi connectivity index (χ1v) is 13.8. The zero-order valence-electron chi connectivity index (χ0n) is 21.8. The molecule has 0 amide bonds. The van der Waals surface area contributed by atoms with Crippen molar-refractivity contribution in [1.29, 1.82) is 0 Å². The molecule has 0 radical (unpaired) electrons. The molecule has 0 spiro atoms. The van der Waals surface area contributed by atoms with Crippen molar-refractivity contribution in [2.24, 2.45) is 29.6 Å². The lowest BCUT2D eigenvalue weighted by atomic mass is 9.88. The number of ketones is 1. The van der Waals surface area contributed by atoms with E-state index in [1.807, 2.05) is 12.2 Å². The number of hydrogen-bond donors (Lipinski definition) is 1. The highest BCUT2D eigenvalue weighted by Gasteiger charge is 2.51. The first-order valence-electron chi connectivity index (χ1n) is 13.8. The fourth-order valence-electron chi connectivity index (χ4n) is 5.14. The van der Waals surface area contributed by atoms with Crippen LogP contribution >= 0.6 is 0 Å². The van der Waals surface area contributed by atoms with E-state index in [0.29, 0.717) is 31.5 Å². The number of ether oxygens (including phenoxy) is 2.